The second kappa shape index (κ2) is 4.96. The number of anilines is 1. The van der Waals surface area contributed by atoms with Gasteiger partial charge in [0, 0.05) is 0 Å². The fourth-order valence-electron chi connectivity index (χ4n) is 2.44. The van der Waals surface area contributed by atoms with Gasteiger partial charge in [0.05, 0.1) is 29.2 Å². The molecule has 1 amide bonds. The largest absolute Gasteiger partial charge is 0.464 e. The summed E-state index contributed by atoms with van der Waals surface area (Å²) in [7, 11) is 0. The van der Waals surface area contributed by atoms with Crippen molar-refractivity contribution in [2.45, 2.75) is 0 Å². The summed E-state index contributed by atoms with van der Waals surface area (Å²) in [5.74, 6) is 0.476. The minimum absolute atomic E-state index is 0.249. The molecule has 0 spiro atoms. The topological polar surface area (TPSA) is 121 Å². The molecule has 8 heteroatoms. The lowest BCUT2D eigenvalue weighted by Crippen LogP contribution is -2.10. The molecule has 0 fully saturated rings. The van der Waals surface area contributed by atoms with Crippen LogP contribution in [0.15, 0.2) is 45.6 Å². The molecule has 0 radical (unpaired) electrons. The Morgan fingerprint density at radius 2 is 1.78 bits per heavy atom. The normalized spacial score (nSPS) is 11.1. The highest BCUT2D eigenvalue weighted by molar-refractivity contribution is 7.21. The predicted molar refractivity (Wildman–Crippen MR) is 85.7 cm³/mol. The number of primary amides is 1. The number of nitrogen functional groups attached to an aromatic ring is 1. The number of fused-ring (bicyclic) bond motifs is 1. The second-order valence-corrected chi connectivity index (χ2v) is 5.77. The zero-order valence-electron chi connectivity index (χ0n) is 11.6. The molecule has 0 saturated heterocycles. The van der Waals surface area contributed by atoms with Gasteiger partial charge in [-0.3, -0.25) is 4.79 Å². The van der Waals surface area contributed by atoms with Crippen LogP contribution in [0.5, 0.6) is 0 Å². The van der Waals surface area contributed by atoms with E-state index in [4.69, 9.17) is 20.3 Å². The standard InChI is InChI=1S/C15H10N4O3S/c16-11-10-9(7-3-1-5-21-7)12(8-4-2-6-22-8)18-19-15(10)23-13(11)14(17)20/h1-6H,16H2,(H2,17,20). The predicted octanol–water partition coefficient (Wildman–Crippen LogP) is 2.89. The molecule has 0 bridgehead atoms. The third kappa shape index (κ3) is 2.00. The van der Waals surface area contributed by atoms with Crippen LogP contribution in [0.1, 0.15) is 9.67 Å². The number of hydrogen-bond donors (Lipinski definition) is 2. The number of amides is 1. The minimum Gasteiger partial charge on any atom is -0.464 e. The van der Waals surface area contributed by atoms with Crippen molar-refractivity contribution in [3.05, 3.63) is 41.7 Å². The van der Waals surface area contributed by atoms with Gasteiger partial charge < -0.3 is 20.3 Å². The quantitative estimate of drug-likeness (QED) is 0.597. The average molecular weight is 326 g/mol. The van der Waals surface area contributed by atoms with Crippen LogP contribution in [0, 0.1) is 0 Å². The van der Waals surface area contributed by atoms with Crippen LogP contribution in [-0.2, 0) is 0 Å². The van der Waals surface area contributed by atoms with E-state index in [1.807, 2.05) is 0 Å². The fourth-order valence-corrected chi connectivity index (χ4v) is 3.34. The summed E-state index contributed by atoms with van der Waals surface area (Å²) in [5.41, 5.74) is 12.9. The van der Waals surface area contributed by atoms with Gasteiger partial charge in [-0.2, -0.15) is 0 Å². The molecule has 0 aliphatic rings. The highest BCUT2D eigenvalue weighted by Gasteiger charge is 2.24. The lowest BCUT2D eigenvalue weighted by atomic mass is 10.0. The summed E-state index contributed by atoms with van der Waals surface area (Å²) in [6, 6.07) is 7.05. The number of nitrogens with zero attached hydrogens (tertiary/aromatic N) is 2. The summed E-state index contributed by atoms with van der Waals surface area (Å²) < 4.78 is 10.9. The third-order valence-electron chi connectivity index (χ3n) is 3.40. The van der Waals surface area contributed by atoms with E-state index in [-0.39, 0.29) is 10.6 Å². The van der Waals surface area contributed by atoms with Gasteiger partial charge in [0.2, 0.25) is 0 Å². The zero-order chi connectivity index (χ0) is 16.0. The summed E-state index contributed by atoms with van der Waals surface area (Å²) in [4.78, 5) is 12.3. The van der Waals surface area contributed by atoms with Crippen molar-refractivity contribution in [1.82, 2.24) is 10.2 Å². The van der Waals surface area contributed by atoms with Crippen molar-refractivity contribution in [2.75, 3.05) is 5.73 Å². The highest BCUT2D eigenvalue weighted by atomic mass is 32.1. The average Bonchev–Trinajstić information content (AvgIpc) is 3.27. The Bertz CT molecular complexity index is 1000. The molecule has 4 rings (SSSR count). The molecule has 4 N–H and O–H groups in total. The first-order valence-electron chi connectivity index (χ1n) is 6.63. The van der Waals surface area contributed by atoms with Crippen molar-refractivity contribution < 1.29 is 13.6 Å². The van der Waals surface area contributed by atoms with E-state index in [1.54, 1.807) is 36.8 Å². The third-order valence-corrected chi connectivity index (χ3v) is 4.50. The maximum atomic E-state index is 11.6. The molecular formula is C15H10N4O3S. The van der Waals surface area contributed by atoms with E-state index in [0.717, 1.165) is 11.3 Å². The van der Waals surface area contributed by atoms with Gasteiger partial charge in [-0.1, -0.05) is 0 Å². The van der Waals surface area contributed by atoms with E-state index in [2.05, 4.69) is 10.2 Å². The molecular weight excluding hydrogens is 316 g/mol. The van der Waals surface area contributed by atoms with Gasteiger partial charge in [-0.05, 0) is 24.3 Å². The van der Waals surface area contributed by atoms with Crippen LogP contribution in [0.4, 0.5) is 5.69 Å². The molecule has 4 aromatic rings. The first-order chi connectivity index (χ1) is 11.2. The summed E-state index contributed by atoms with van der Waals surface area (Å²) >= 11 is 1.10. The van der Waals surface area contributed by atoms with Crippen molar-refractivity contribution in [2.24, 2.45) is 5.73 Å². The van der Waals surface area contributed by atoms with Crippen molar-refractivity contribution in [3.8, 4) is 22.8 Å². The minimum atomic E-state index is -0.601. The highest BCUT2D eigenvalue weighted by Crippen LogP contribution is 2.42. The van der Waals surface area contributed by atoms with Crippen LogP contribution in [0.3, 0.4) is 0 Å². The number of carbonyl (C=O) groups excluding carboxylic acids is 1. The summed E-state index contributed by atoms with van der Waals surface area (Å²) in [5, 5.41) is 8.95. The Morgan fingerprint density at radius 1 is 1.09 bits per heavy atom. The van der Waals surface area contributed by atoms with Crippen molar-refractivity contribution in [1.29, 1.82) is 0 Å². The molecule has 0 aliphatic heterocycles. The van der Waals surface area contributed by atoms with E-state index in [0.29, 0.717) is 33.0 Å². The summed E-state index contributed by atoms with van der Waals surface area (Å²) in [6.45, 7) is 0. The van der Waals surface area contributed by atoms with E-state index >= 15 is 0 Å². The van der Waals surface area contributed by atoms with E-state index in [9.17, 15) is 4.79 Å². The van der Waals surface area contributed by atoms with Crippen LogP contribution < -0.4 is 11.5 Å². The molecule has 0 aromatic carbocycles. The van der Waals surface area contributed by atoms with Crippen LogP contribution in [0.25, 0.3) is 33.0 Å². The van der Waals surface area contributed by atoms with Gasteiger partial charge in [0.25, 0.3) is 5.91 Å². The molecule has 4 heterocycles. The van der Waals surface area contributed by atoms with E-state index in [1.165, 1.54) is 0 Å². The Balaban J connectivity index is 2.14. The molecule has 7 nitrogen and oxygen atoms in total. The molecule has 0 atom stereocenters. The number of nitrogens with two attached hydrogens (primary N) is 2. The monoisotopic (exact) mass is 326 g/mol. The Hall–Kier alpha value is -3.13. The summed E-state index contributed by atoms with van der Waals surface area (Å²) in [6.07, 6.45) is 3.09. The van der Waals surface area contributed by atoms with Crippen LogP contribution >= 0.6 is 11.3 Å². The Morgan fingerprint density at radius 3 is 2.39 bits per heavy atom. The van der Waals surface area contributed by atoms with Gasteiger partial charge in [0.15, 0.2) is 5.76 Å². The number of aromatic nitrogens is 2. The van der Waals surface area contributed by atoms with Crippen molar-refractivity contribution >= 4 is 33.1 Å². The maximum Gasteiger partial charge on any atom is 0.260 e. The number of thiophene rings is 1. The molecule has 4 aromatic heterocycles. The van der Waals surface area contributed by atoms with Gasteiger partial charge in [0.1, 0.15) is 21.2 Å². The van der Waals surface area contributed by atoms with Gasteiger partial charge in [-0.25, -0.2) is 0 Å². The van der Waals surface area contributed by atoms with Crippen molar-refractivity contribution in [3.63, 3.8) is 0 Å². The molecule has 23 heavy (non-hydrogen) atoms. The second-order valence-electron chi connectivity index (χ2n) is 4.77. The first kappa shape index (κ1) is 13.5. The Kier molecular flexibility index (Phi) is 2.91. The smallest absolute Gasteiger partial charge is 0.260 e. The molecule has 0 unspecified atom stereocenters. The first-order valence-corrected chi connectivity index (χ1v) is 7.44. The number of furan rings is 2. The Labute approximate surface area is 133 Å². The maximum absolute atomic E-state index is 11.6. The van der Waals surface area contributed by atoms with E-state index < -0.39 is 5.91 Å². The van der Waals surface area contributed by atoms with Crippen LogP contribution in [0.2, 0.25) is 0 Å². The molecule has 114 valence electrons. The lowest BCUT2D eigenvalue weighted by molar-refractivity contribution is 0.100. The SMILES string of the molecule is NC(=O)c1sc2nnc(-c3ccco3)c(-c3ccco3)c2c1N. The number of hydrogen-bond acceptors (Lipinski definition) is 7. The zero-order valence-corrected chi connectivity index (χ0v) is 12.5. The van der Waals surface area contributed by atoms with Crippen LogP contribution in [-0.4, -0.2) is 16.1 Å². The molecule has 0 aliphatic carbocycles. The fraction of sp³-hybridized carbons (Fsp3) is 0. The lowest BCUT2D eigenvalue weighted by Gasteiger charge is -2.06. The number of carbonyl (C=O) groups is 1. The van der Waals surface area contributed by atoms with Gasteiger partial charge in [-0.15, -0.1) is 21.5 Å². The molecule has 0 saturated carbocycles. The van der Waals surface area contributed by atoms with Gasteiger partial charge >= 0.3 is 0 Å². The number of rotatable bonds is 3.